The third-order valence-corrected chi connectivity index (χ3v) is 5.27. The zero-order chi connectivity index (χ0) is 18.3. The summed E-state index contributed by atoms with van der Waals surface area (Å²) in [5.41, 5.74) is 0. The van der Waals surface area contributed by atoms with Crippen LogP contribution < -0.4 is 14.9 Å². The van der Waals surface area contributed by atoms with E-state index in [1.165, 1.54) is 0 Å². The molecule has 0 spiro atoms. The molecule has 10 heteroatoms. The summed E-state index contributed by atoms with van der Waals surface area (Å²) in [5, 5.41) is 3.13. The first-order chi connectivity index (χ1) is 11.9. The maximum absolute atomic E-state index is 11.9. The molecule has 0 radical (unpaired) electrons. The normalized spacial score (nSPS) is 16.4. The van der Waals surface area contributed by atoms with Crippen molar-refractivity contribution in [3.05, 3.63) is 18.5 Å². The maximum Gasteiger partial charge on any atom is 0.225 e. The van der Waals surface area contributed by atoms with Gasteiger partial charge < -0.3 is 15.1 Å². The standard InChI is InChI=1S/C15H27N7O2S/c1-13(2)20-25(23,24)12-7-19-14(16-3)21-8-10-22(11-9-21)15-17-5-4-6-18-15/h4-6,13,20H,7-12H2,1-3H3,(H,16,19). The van der Waals surface area contributed by atoms with E-state index in [2.05, 4.69) is 34.8 Å². The van der Waals surface area contributed by atoms with Crippen molar-refractivity contribution in [3.8, 4) is 0 Å². The van der Waals surface area contributed by atoms with Gasteiger partial charge in [0.2, 0.25) is 16.0 Å². The number of hydrogen-bond donors (Lipinski definition) is 2. The molecule has 25 heavy (non-hydrogen) atoms. The molecule has 1 aromatic heterocycles. The molecule has 0 unspecified atom stereocenters. The van der Waals surface area contributed by atoms with Crippen LogP contribution in [-0.4, -0.2) is 80.8 Å². The van der Waals surface area contributed by atoms with Crippen molar-refractivity contribution in [2.45, 2.75) is 19.9 Å². The number of piperazine rings is 1. The summed E-state index contributed by atoms with van der Waals surface area (Å²) < 4.78 is 26.3. The smallest absolute Gasteiger partial charge is 0.225 e. The van der Waals surface area contributed by atoms with E-state index in [4.69, 9.17) is 0 Å². The molecule has 1 aliphatic rings. The molecule has 2 N–H and O–H groups in total. The van der Waals surface area contributed by atoms with Crippen molar-refractivity contribution in [2.24, 2.45) is 4.99 Å². The van der Waals surface area contributed by atoms with Crippen molar-refractivity contribution in [3.63, 3.8) is 0 Å². The van der Waals surface area contributed by atoms with Crippen molar-refractivity contribution in [2.75, 3.05) is 50.4 Å². The Morgan fingerprint density at radius 3 is 2.44 bits per heavy atom. The molecule has 140 valence electrons. The average molecular weight is 369 g/mol. The molecule has 1 fully saturated rings. The lowest BCUT2D eigenvalue weighted by atomic mass is 10.3. The lowest BCUT2D eigenvalue weighted by Crippen LogP contribution is -2.53. The monoisotopic (exact) mass is 369 g/mol. The molecule has 1 saturated heterocycles. The van der Waals surface area contributed by atoms with Gasteiger partial charge >= 0.3 is 0 Å². The van der Waals surface area contributed by atoms with Gasteiger partial charge in [0.15, 0.2) is 5.96 Å². The highest BCUT2D eigenvalue weighted by atomic mass is 32.2. The van der Waals surface area contributed by atoms with Gasteiger partial charge in [-0.05, 0) is 19.9 Å². The van der Waals surface area contributed by atoms with Crippen LogP contribution >= 0.6 is 0 Å². The Kier molecular flexibility index (Phi) is 6.94. The largest absolute Gasteiger partial charge is 0.355 e. The summed E-state index contributed by atoms with van der Waals surface area (Å²) in [4.78, 5) is 17.0. The molecule has 1 aliphatic heterocycles. The van der Waals surface area contributed by atoms with Gasteiger partial charge in [0.1, 0.15) is 0 Å². The molecule has 0 amide bonds. The number of aromatic nitrogens is 2. The van der Waals surface area contributed by atoms with E-state index in [1.54, 1.807) is 39.4 Å². The summed E-state index contributed by atoms with van der Waals surface area (Å²) in [7, 11) is -1.57. The summed E-state index contributed by atoms with van der Waals surface area (Å²) in [6.07, 6.45) is 3.47. The summed E-state index contributed by atoms with van der Waals surface area (Å²) >= 11 is 0. The predicted octanol–water partition coefficient (Wildman–Crippen LogP) is -0.498. The van der Waals surface area contributed by atoms with E-state index in [1.807, 2.05) is 0 Å². The van der Waals surface area contributed by atoms with Crippen LogP contribution in [0.25, 0.3) is 0 Å². The molecule has 9 nitrogen and oxygen atoms in total. The molecule has 0 aliphatic carbocycles. The van der Waals surface area contributed by atoms with Crippen LogP contribution in [-0.2, 0) is 10.0 Å². The Hall–Kier alpha value is -1.94. The lowest BCUT2D eigenvalue weighted by Gasteiger charge is -2.36. The third kappa shape index (κ3) is 6.13. The Bertz CT molecular complexity index is 656. The predicted molar refractivity (Wildman–Crippen MR) is 99.2 cm³/mol. The summed E-state index contributed by atoms with van der Waals surface area (Å²) in [5.74, 6) is 1.46. The Morgan fingerprint density at radius 1 is 1.24 bits per heavy atom. The van der Waals surface area contributed by atoms with Gasteiger partial charge in [-0.15, -0.1) is 0 Å². The lowest BCUT2D eigenvalue weighted by molar-refractivity contribution is 0.371. The van der Waals surface area contributed by atoms with Gasteiger partial charge in [-0.25, -0.2) is 23.1 Å². The van der Waals surface area contributed by atoms with E-state index in [9.17, 15) is 8.42 Å². The second kappa shape index (κ2) is 8.95. The Morgan fingerprint density at radius 2 is 1.88 bits per heavy atom. The highest BCUT2D eigenvalue weighted by Gasteiger charge is 2.21. The Labute approximate surface area is 149 Å². The fourth-order valence-corrected chi connectivity index (χ4v) is 3.83. The zero-order valence-electron chi connectivity index (χ0n) is 15.0. The highest BCUT2D eigenvalue weighted by Crippen LogP contribution is 2.09. The second-order valence-electron chi connectivity index (χ2n) is 6.09. The first-order valence-electron chi connectivity index (χ1n) is 8.39. The molecule has 0 aromatic carbocycles. The van der Waals surface area contributed by atoms with Crippen LogP contribution in [0, 0.1) is 0 Å². The minimum Gasteiger partial charge on any atom is -0.355 e. The SMILES string of the molecule is CN=C(NCCS(=O)(=O)NC(C)C)N1CCN(c2ncccn2)CC1. The van der Waals surface area contributed by atoms with Gasteiger partial charge in [-0.2, -0.15) is 0 Å². The number of nitrogens with one attached hydrogen (secondary N) is 2. The number of aliphatic imine (C=N–C) groups is 1. The van der Waals surface area contributed by atoms with E-state index in [0.29, 0.717) is 12.5 Å². The molecule has 0 atom stereocenters. The molecule has 1 aromatic rings. The number of nitrogens with zero attached hydrogens (tertiary/aromatic N) is 5. The van der Waals surface area contributed by atoms with Crippen LogP contribution in [0.5, 0.6) is 0 Å². The van der Waals surface area contributed by atoms with Gasteiger partial charge in [-0.3, -0.25) is 4.99 Å². The number of hydrogen-bond acceptors (Lipinski definition) is 6. The van der Waals surface area contributed by atoms with Crippen LogP contribution in [0.1, 0.15) is 13.8 Å². The van der Waals surface area contributed by atoms with Crippen molar-refractivity contribution >= 4 is 21.9 Å². The van der Waals surface area contributed by atoms with Gasteiger partial charge in [0.05, 0.1) is 5.75 Å². The number of guanidine groups is 1. The molecular weight excluding hydrogens is 342 g/mol. The molecule has 2 heterocycles. The third-order valence-electron chi connectivity index (χ3n) is 3.70. The fourth-order valence-electron chi connectivity index (χ4n) is 2.62. The van der Waals surface area contributed by atoms with Crippen LogP contribution in [0.4, 0.5) is 5.95 Å². The molecule has 0 saturated carbocycles. The fraction of sp³-hybridized carbons (Fsp3) is 0.667. The maximum atomic E-state index is 11.9. The summed E-state index contributed by atoms with van der Waals surface area (Å²) in [6, 6.07) is 1.70. The molecular formula is C15H27N7O2S. The topological polar surface area (TPSA) is 103 Å². The molecule has 2 rings (SSSR count). The van der Waals surface area contributed by atoms with E-state index < -0.39 is 10.0 Å². The summed E-state index contributed by atoms with van der Waals surface area (Å²) in [6.45, 7) is 7.05. The van der Waals surface area contributed by atoms with Crippen molar-refractivity contribution in [1.82, 2.24) is 24.9 Å². The van der Waals surface area contributed by atoms with E-state index in [-0.39, 0.29) is 11.8 Å². The van der Waals surface area contributed by atoms with Gasteiger partial charge in [0, 0.05) is 58.2 Å². The van der Waals surface area contributed by atoms with Crippen LogP contribution in [0.15, 0.2) is 23.5 Å². The van der Waals surface area contributed by atoms with Gasteiger partial charge in [0.25, 0.3) is 0 Å². The first-order valence-corrected chi connectivity index (χ1v) is 10.0. The average Bonchev–Trinajstić information content (AvgIpc) is 2.58. The highest BCUT2D eigenvalue weighted by molar-refractivity contribution is 7.89. The number of rotatable bonds is 6. The zero-order valence-corrected chi connectivity index (χ0v) is 15.8. The Balaban J connectivity index is 1.81. The molecule has 0 bridgehead atoms. The minimum absolute atomic E-state index is 0.0159. The van der Waals surface area contributed by atoms with Crippen LogP contribution in [0.3, 0.4) is 0 Å². The van der Waals surface area contributed by atoms with Crippen LogP contribution in [0.2, 0.25) is 0 Å². The van der Waals surface area contributed by atoms with Crippen molar-refractivity contribution in [1.29, 1.82) is 0 Å². The second-order valence-corrected chi connectivity index (χ2v) is 7.96. The number of sulfonamides is 1. The van der Waals surface area contributed by atoms with E-state index in [0.717, 1.165) is 32.1 Å². The first kappa shape index (κ1) is 19.4. The minimum atomic E-state index is -3.27. The van der Waals surface area contributed by atoms with Crippen molar-refractivity contribution < 1.29 is 8.42 Å². The quantitative estimate of drug-likeness (QED) is 0.515. The number of anilines is 1. The van der Waals surface area contributed by atoms with Gasteiger partial charge in [-0.1, -0.05) is 0 Å². The van der Waals surface area contributed by atoms with E-state index >= 15 is 0 Å².